The molecule has 2 aromatic heterocycles. The number of aryl methyl sites for hydroxylation is 1. The van der Waals surface area contributed by atoms with Crippen molar-refractivity contribution in [3.63, 3.8) is 0 Å². The number of nitrogens with zero attached hydrogens (tertiary/aromatic N) is 3. The number of anilines is 2. The molecule has 0 aliphatic rings. The molecule has 0 radical (unpaired) electrons. The van der Waals surface area contributed by atoms with Crippen molar-refractivity contribution in [2.75, 3.05) is 30.9 Å². The average molecular weight is 474 g/mol. The first-order valence-electron chi connectivity index (χ1n) is 10.4. The minimum Gasteiger partial charge on any atom is -0.487 e. The van der Waals surface area contributed by atoms with Crippen LogP contribution < -0.4 is 26.6 Å². The molecule has 0 aliphatic heterocycles. The maximum Gasteiger partial charge on any atom is 0.330 e. The van der Waals surface area contributed by atoms with Crippen molar-refractivity contribution in [3.05, 3.63) is 66.7 Å². The molecule has 0 unspecified atom stereocenters. The van der Waals surface area contributed by atoms with Crippen molar-refractivity contribution in [1.29, 1.82) is 0 Å². The van der Waals surface area contributed by atoms with Crippen LogP contribution in [0, 0.1) is 6.92 Å². The summed E-state index contributed by atoms with van der Waals surface area (Å²) in [5, 5.41) is 2.86. The number of nitrogens with two attached hydrogens (primary N) is 1. The molecule has 0 aliphatic carbocycles. The van der Waals surface area contributed by atoms with E-state index < -0.39 is 17.2 Å². The molecule has 176 valence electrons. The lowest BCUT2D eigenvalue weighted by Gasteiger charge is -2.24. The summed E-state index contributed by atoms with van der Waals surface area (Å²) in [5.41, 5.74) is 5.84. The number of nitrogens with one attached hydrogen (secondary N) is 1. The Labute approximate surface area is 194 Å². The molecular formula is C22H27N5O5S. The van der Waals surface area contributed by atoms with Crippen molar-refractivity contribution < 1.29 is 14.3 Å². The molecule has 0 fully saturated rings. The van der Waals surface area contributed by atoms with E-state index in [1.165, 1.54) is 27.9 Å². The smallest absolute Gasteiger partial charge is 0.330 e. The first-order valence-corrected chi connectivity index (χ1v) is 11.3. The van der Waals surface area contributed by atoms with Crippen molar-refractivity contribution >= 4 is 28.7 Å². The molecule has 2 heterocycles. The van der Waals surface area contributed by atoms with Crippen LogP contribution >= 0.6 is 11.3 Å². The lowest BCUT2D eigenvalue weighted by molar-refractivity contribution is 0.0975. The normalized spacial score (nSPS) is 10.9. The molecule has 0 atom stereocenters. The number of aromatic amines is 1. The zero-order valence-electron chi connectivity index (χ0n) is 18.8. The van der Waals surface area contributed by atoms with Gasteiger partial charge in [0.25, 0.3) is 11.5 Å². The van der Waals surface area contributed by atoms with Gasteiger partial charge in [0.1, 0.15) is 18.2 Å². The van der Waals surface area contributed by atoms with E-state index in [-0.39, 0.29) is 31.3 Å². The first kappa shape index (κ1) is 24.2. The molecular weight excluding hydrogens is 446 g/mol. The van der Waals surface area contributed by atoms with Gasteiger partial charge in [-0.15, -0.1) is 11.3 Å². The number of H-pyrrole nitrogens is 1. The van der Waals surface area contributed by atoms with Crippen LogP contribution in [0.15, 0.2) is 39.2 Å². The van der Waals surface area contributed by atoms with Gasteiger partial charge in [0, 0.05) is 31.1 Å². The predicted octanol–water partition coefficient (Wildman–Crippen LogP) is 2.17. The summed E-state index contributed by atoms with van der Waals surface area (Å²) < 4.78 is 12.2. The third-order valence-corrected chi connectivity index (χ3v) is 5.65. The lowest BCUT2D eigenvalue weighted by atomic mass is 10.1. The summed E-state index contributed by atoms with van der Waals surface area (Å²) in [6, 6.07) is 6.63. The van der Waals surface area contributed by atoms with Gasteiger partial charge in [0.15, 0.2) is 5.69 Å². The van der Waals surface area contributed by atoms with Crippen LogP contribution in [0.1, 0.15) is 34.4 Å². The van der Waals surface area contributed by atoms with Crippen LogP contribution in [0.4, 0.5) is 11.5 Å². The number of methoxy groups -OCH3 is 1. The highest BCUT2D eigenvalue weighted by Crippen LogP contribution is 2.22. The molecule has 1 aromatic carbocycles. The van der Waals surface area contributed by atoms with Gasteiger partial charge >= 0.3 is 5.69 Å². The van der Waals surface area contributed by atoms with Crippen molar-refractivity contribution in [2.45, 2.75) is 33.4 Å². The maximum atomic E-state index is 13.4. The van der Waals surface area contributed by atoms with Crippen LogP contribution in [0.3, 0.4) is 0 Å². The second-order valence-corrected chi connectivity index (χ2v) is 8.33. The van der Waals surface area contributed by atoms with Crippen LogP contribution in [0.25, 0.3) is 0 Å². The summed E-state index contributed by atoms with van der Waals surface area (Å²) >= 11 is 1.53. The molecule has 10 nitrogen and oxygen atoms in total. The third-order valence-electron chi connectivity index (χ3n) is 4.83. The third kappa shape index (κ3) is 5.68. The Kier molecular flexibility index (Phi) is 8.01. The second-order valence-electron chi connectivity index (χ2n) is 7.27. The van der Waals surface area contributed by atoms with Crippen molar-refractivity contribution in [2.24, 2.45) is 0 Å². The summed E-state index contributed by atoms with van der Waals surface area (Å²) in [4.78, 5) is 46.2. The Balaban J connectivity index is 1.94. The first-order chi connectivity index (χ1) is 15.8. The largest absolute Gasteiger partial charge is 0.487 e. The number of benzene rings is 1. The summed E-state index contributed by atoms with van der Waals surface area (Å²) in [6.07, 6.45) is 0.625. The van der Waals surface area contributed by atoms with Gasteiger partial charge in [-0.3, -0.25) is 24.0 Å². The summed E-state index contributed by atoms with van der Waals surface area (Å²) in [5.74, 6) is -0.0571. The Morgan fingerprint density at radius 2 is 2.12 bits per heavy atom. The molecule has 0 spiro atoms. The average Bonchev–Trinajstić information content (AvgIpc) is 3.22. The Bertz CT molecular complexity index is 1230. The molecule has 1 amide bonds. The van der Waals surface area contributed by atoms with E-state index in [1.54, 1.807) is 24.3 Å². The predicted molar refractivity (Wildman–Crippen MR) is 127 cm³/mol. The lowest BCUT2D eigenvalue weighted by Crippen LogP contribution is -2.42. The number of aromatic nitrogens is 3. The Hall–Kier alpha value is -3.44. The van der Waals surface area contributed by atoms with E-state index in [0.29, 0.717) is 24.3 Å². The maximum absolute atomic E-state index is 13.4. The van der Waals surface area contributed by atoms with E-state index in [1.807, 2.05) is 19.2 Å². The molecule has 0 saturated heterocycles. The quantitative estimate of drug-likeness (QED) is 0.461. The number of nitrogen functional groups attached to an aromatic ring is 1. The second kappa shape index (κ2) is 10.9. The number of thiazole rings is 1. The van der Waals surface area contributed by atoms with Gasteiger partial charge in [0.2, 0.25) is 0 Å². The number of ether oxygens (including phenoxy) is 2. The van der Waals surface area contributed by atoms with Crippen molar-refractivity contribution in [1.82, 2.24) is 14.5 Å². The fourth-order valence-corrected chi connectivity index (χ4v) is 3.89. The summed E-state index contributed by atoms with van der Waals surface area (Å²) in [6.45, 7) is 4.60. The number of hydrogen-bond acceptors (Lipinski definition) is 8. The zero-order valence-corrected chi connectivity index (χ0v) is 19.6. The molecule has 0 saturated carbocycles. The van der Waals surface area contributed by atoms with Crippen LogP contribution in [-0.2, 0) is 17.9 Å². The Morgan fingerprint density at radius 3 is 2.79 bits per heavy atom. The zero-order chi connectivity index (χ0) is 24.0. The molecule has 11 heteroatoms. The topological polar surface area (TPSA) is 133 Å². The van der Waals surface area contributed by atoms with E-state index in [0.717, 1.165) is 10.7 Å². The fraction of sp³-hybridized carbons (Fsp3) is 0.364. The van der Waals surface area contributed by atoms with Gasteiger partial charge < -0.3 is 15.2 Å². The van der Waals surface area contributed by atoms with Gasteiger partial charge in [-0.25, -0.2) is 9.78 Å². The Morgan fingerprint density at radius 1 is 1.33 bits per heavy atom. The fourth-order valence-electron chi connectivity index (χ4n) is 3.29. The van der Waals surface area contributed by atoms with E-state index in [4.69, 9.17) is 15.2 Å². The molecule has 3 aromatic rings. The minimum absolute atomic E-state index is 0.0656. The highest BCUT2D eigenvalue weighted by Gasteiger charge is 2.25. The van der Waals surface area contributed by atoms with Crippen LogP contribution in [-0.4, -0.2) is 40.7 Å². The highest BCUT2D eigenvalue weighted by atomic mass is 32.1. The van der Waals surface area contributed by atoms with Gasteiger partial charge in [-0.05, 0) is 31.5 Å². The van der Waals surface area contributed by atoms with Crippen molar-refractivity contribution in [3.8, 4) is 5.75 Å². The number of hydrogen-bond donors (Lipinski definition) is 2. The van der Waals surface area contributed by atoms with Gasteiger partial charge in [-0.1, -0.05) is 13.0 Å². The SMILES string of the molecule is CCCn1c(N)c(N(CCOC)C(=O)c2cccc(OCc3csc(C)n3)c2)c(=O)[nH]c1=O. The summed E-state index contributed by atoms with van der Waals surface area (Å²) in [7, 11) is 1.49. The highest BCUT2D eigenvalue weighted by molar-refractivity contribution is 7.09. The monoisotopic (exact) mass is 473 g/mol. The van der Waals surface area contributed by atoms with Gasteiger partial charge in [-0.2, -0.15) is 0 Å². The molecule has 0 bridgehead atoms. The number of amides is 1. The molecule has 3 N–H and O–H groups in total. The number of carbonyl (C=O) groups excluding carboxylic acids is 1. The van der Waals surface area contributed by atoms with Gasteiger partial charge in [0.05, 0.1) is 17.3 Å². The van der Waals surface area contributed by atoms with E-state index in [9.17, 15) is 14.4 Å². The van der Waals surface area contributed by atoms with E-state index in [2.05, 4.69) is 9.97 Å². The van der Waals surface area contributed by atoms with E-state index >= 15 is 0 Å². The number of rotatable bonds is 10. The van der Waals surface area contributed by atoms with Crippen LogP contribution in [0.5, 0.6) is 5.75 Å². The number of carbonyl (C=O) groups is 1. The standard InChI is InChI=1S/C22H27N5O5S/c1-4-8-27-19(23)18(20(28)25-22(27)30)26(9-10-31-3)21(29)15-6-5-7-17(11-15)32-12-16-13-33-14(2)24-16/h5-7,11,13H,4,8-10,12,23H2,1-3H3,(H,25,28,30). The minimum atomic E-state index is -0.736. The molecule has 3 rings (SSSR count). The molecule has 33 heavy (non-hydrogen) atoms. The van der Waals surface area contributed by atoms with Crippen LogP contribution in [0.2, 0.25) is 0 Å².